The first-order chi connectivity index (χ1) is 5.41. The van der Waals surface area contributed by atoms with Gasteiger partial charge in [0.05, 0.1) is 4.91 Å². The Morgan fingerprint density at radius 2 is 1.92 bits per heavy atom. The average molecular weight is 189 g/mol. The van der Waals surface area contributed by atoms with Crippen LogP contribution >= 0.6 is 0 Å². The molecule has 12 heavy (non-hydrogen) atoms. The maximum Gasteiger partial charge on any atom is 0.237 e. The molecule has 2 N–H and O–H groups in total. The molecule has 0 radical (unpaired) electrons. The summed E-state index contributed by atoms with van der Waals surface area (Å²) in [6.45, 7) is 3.04. The van der Waals surface area contributed by atoms with E-state index in [0.29, 0.717) is 11.9 Å². The van der Waals surface area contributed by atoms with Crippen LogP contribution in [0.1, 0.15) is 13.8 Å². The number of rotatable bonds is 3. The van der Waals surface area contributed by atoms with E-state index < -0.39 is 10.0 Å². The lowest BCUT2D eigenvalue weighted by Crippen LogP contribution is -2.13. The van der Waals surface area contributed by atoms with Crippen molar-refractivity contribution in [3.63, 3.8) is 0 Å². The van der Waals surface area contributed by atoms with Crippen molar-refractivity contribution in [2.24, 2.45) is 5.14 Å². The molecule has 0 spiro atoms. The van der Waals surface area contributed by atoms with Gasteiger partial charge in [-0.2, -0.15) is 0 Å². The zero-order chi connectivity index (χ0) is 9.78. The summed E-state index contributed by atoms with van der Waals surface area (Å²) in [6.07, 6.45) is 3.12. The molecular weight excluding hydrogens is 178 g/mol. The molecule has 0 aliphatic rings. The van der Waals surface area contributed by atoms with Gasteiger partial charge in [-0.3, -0.25) is 4.79 Å². The topological polar surface area (TPSA) is 77.2 Å². The highest BCUT2D eigenvalue weighted by molar-refractivity contribution is 7.93. The van der Waals surface area contributed by atoms with Crippen LogP contribution in [0.4, 0.5) is 0 Å². The van der Waals surface area contributed by atoms with Gasteiger partial charge in [0, 0.05) is 0 Å². The van der Waals surface area contributed by atoms with Crippen LogP contribution in [0, 0.1) is 0 Å². The molecule has 0 amide bonds. The van der Waals surface area contributed by atoms with Crippen molar-refractivity contribution in [3.05, 3.63) is 22.6 Å². The molecule has 0 atom stereocenters. The quantitative estimate of drug-likeness (QED) is 0.394. The van der Waals surface area contributed by atoms with E-state index >= 15 is 0 Å². The molecular formula is C7H11NO3S. The number of carbonyl (C=O) groups excluding carboxylic acids is 1. The zero-order valence-electron chi connectivity index (χ0n) is 6.94. The molecule has 0 fully saturated rings. The summed E-state index contributed by atoms with van der Waals surface area (Å²) in [5, 5.41) is 4.84. The standard InChI is InChI=1S/C7H11NO3S/c1-3-7(12(8,10)11)4-6(2)5-9/h3-5H,1-2H3,(H2,8,10,11)/b6-4+,7-3+. The summed E-state index contributed by atoms with van der Waals surface area (Å²) in [6, 6.07) is 0. The Kier molecular flexibility index (Phi) is 3.85. The van der Waals surface area contributed by atoms with Crippen LogP contribution in [0.15, 0.2) is 22.6 Å². The first-order valence-corrected chi connectivity index (χ1v) is 4.79. The predicted molar refractivity (Wildman–Crippen MR) is 46.7 cm³/mol. The molecule has 0 aromatic heterocycles. The van der Waals surface area contributed by atoms with E-state index in [2.05, 4.69) is 0 Å². The van der Waals surface area contributed by atoms with Crippen molar-refractivity contribution < 1.29 is 13.2 Å². The van der Waals surface area contributed by atoms with Gasteiger partial charge in [0.15, 0.2) is 0 Å². The Morgan fingerprint density at radius 3 is 2.17 bits per heavy atom. The number of allylic oxidation sites excluding steroid dienone is 3. The molecule has 0 heterocycles. The largest absolute Gasteiger partial charge is 0.298 e. The second-order valence-electron chi connectivity index (χ2n) is 2.24. The van der Waals surface area contributed by atoms with Gasteiger partial charge in [0.2, 0.25) is 10.0 Å². The molecule has 4 nitrogen and oxygen atoms in total. The van der Waals surface area contributed by atoms with Crippen molar-refractivity contribution in [2.75, 3.05) is 0 Å². The van der Waals surface area contributed by atoms with Gasteiger partial charge in [0.1, 0.15) is 6.29 Å². The Morgan fingerprint density at radius 1 is 1.42 bits per heavy atom. The lowest BCUT2D eigenvalue weighted by Gasteiger charge is -1.96. The van der Waals surface area contributed by atoms with Gasteiger partial charge in [-0.05, 0) is 25.5 Å². The van der Waals surface area contributed by atoms with Gasteiger partial charge < -0.3 is 0 Å². The Hall–Kier alpha value is -0.940. The summed E-state index contributed by atoms with van der Waals surface area (Å²) in [5.41, 5.74) is 0.317. The second-order valence-corrected chi connectivity index (χ2v) is 3.80. The molecule has 0 saturated carbocycles. The number of hydrogen-bond acceptors (Lipinski definition) is 3. The van der Waals surface area contributed by atoms with Crippen molar-refractivity contribution >= 4 is 16.3 Å². The van der Waals surface area contributed by atoms with Crippen molar-refractivity contribution in [1.82, 2.24) is 0 Å². The van der Waals surface area contributed by atoms with Crippen molar-refractivity contribution in [1.29, 1.82) is 0 Å². The van der Waals surface area contributed by atoms with Crippen molar-refractivity contribution in [2.45, 2.75) is 13.8 Å². The van der Waals surface area contributed by atoms with Gasteiger partial charge >= 0.3 is 0 Å². The highest BCUT2D eigenvalue weighted by atomic mass is 32.2. The van der Waals surface area contributed by atoms with E-state index in [1.165, 1.54) is 26.0 Å². The number of aldehydes is 1. The summed E-state index contributed by atoms with van der Waals surface area (Å²) in [4.78, 5) is 10.1. The maximum atomic E-state index is 10.8. The molecule has 0 aromatic rings. The molecule has 0 unspecified atom stereocenters. The summed E-state index contributed by atoms with van der Waals surface area (Å²) in [7, 11) is -3.69. The summed E-state index contributed by atoms with van der Waals surface area (Å²) in [5.74, 6) is 0. The number of sulfonamides is 1. The van der Waals surface area contributed by atoms with E-state index in [9.17, 15) is 13.2 Å². The Balaban J connectivity index is 5.01. The SMILES string of the molecule is C/C=C(\C=C(/C)C=O)S(N)(=O)=O. The highest BCUT2D eigenvalue weighted by Crippen LogP contribution is 2.05. The molecule has 0 saturated heterocycles. The predicted octanol–water partition coefficient (Wildman–Crippen LogP) is 0.324. The lowest BCUT2D eigenvalue weighted by molar-refractivity contribution is -0.104. The lowest BCUT2D eigenvalue weighted by atomic mass is 10.3. The number of carbonyl (C=O) groups is 1. The monoisotopic (exact) mass is 189 g/mol. The van der Waals surface area contributed by atoms with Crippen LogP contribution in [-0.4, -0.2) is 14.7 Å². The minimum Gasteiger partial charge on any atom is -0.298 e. The minimum atomic E-state index is -3.69. The molecule has 0 bridgehead atoms. The van der Waals surface area contributed by atoms with Gasteiger partial charge in [-0.15, -0.1) is 0 Å². The molecule has 0 rings (SSSR count). The zero-order valence-corrected chi connectivity index (χ0v) is 7.76. The molecule has 0 aliphatic heterocycles. The Bertz CT molecular complexity index is 325. The van der Waals surface area contributed by atoms with E-state index in [0.717, 1.165) is 0 Å². The first-order valence-electron chi connectivity index (χ1n) is 3.24. The van der Waals surface area contributed by atoms with E-state index in [-0.39, 0.29) is 4.91 Å². The molecule has 0 aromatic carbocycles. The number of nitrogens with two attached hydrogens (primary N) is 1. The average Bonchev–Trinajstić information content (AvgIpc) is 1.97. The normalized spacial score (nSPS) is 14.6. The summed E-state index contributed by atoms with van der Waals surface area (Å²) < 4.78 is 21.5. The number of primary sulfonamides is 1. The van der Waals surface area contributed by atoms with Crippen LogP contribution in [-0.2, 0) is 14.8 Å². The third kappa shape index (κ3) is 3.45. The fraction of sp³-hybridized carbons (Fsp3) is 0.286. The first kappa shape index (κ1) is 11.1. The van der Waals surface area contributed by atoms with E-state index in [1.54, 1.807) is 0 Å². The van der Waals surface area contributed by atoms with Crippen molar-refractivity contribution in [3.8, 4) is 0 Å². The maximum absolute atomic E-state index is 10.8. The van der Waals surface area contributed by atoms with Gasteiger partial charge in [0.25, 0.3) is 0 Å². The van der Waals surface area contributed by atoms with E-state index in [1.807, 2.05) is 0 Å². The highest BCUT2D eigenvalue weighted by Gasteiger charge is 2.07. The minimum absolute atomic E-state index is 0.0490. The third-order valence-corrected chi connectivity index (χ3v) is 2.18. The van der Waals surface area contributed by atoms with Gasteiger partial charge in [-0.25, -0.2) is 13.6 Å². The van der Waals surface area contributed by atoms with Crippen LogP contribution in [0.25, 0.3) is 0 Å². The van der Waals surface area contributed by atoms with E-state index in [4.69, 9.17) is 5.14 Å². The molecule has 0 aliphatic carbocycles. The van der Waals surface area contributed by atoms with Crippen LogP contribution in [0.3, 0.4) is 0 Å². The molecule has 68 valence electrons. The van der Waals surface area contributed by atoms with Gasteiger partial charge in [-0.1, -0.05) is 6.08 Å². The third-order valence-electron chi connectivity index (χ3n) is 1.17. The van der Waals surface area contributed by atoms with Crippen LogP contribution < -0.4 is 5.14 Å². The smallest absolute Gasteiger partial charge is 0.237 e. The molecule has 5 heteroatoms. The summed E-state index contributed by atoms with van der Waals surface area (Å²) >= 11 is 0. The van der Waals surface area contributed by atoms with Crippen LogP contribution in [0.2, 0.25) is 0 Å². The fourth-order valence-electron chi connectivity index (χ4n) is 0.588. The Labute approximate surface area is 71.8 Å². The fourth-order valence-corrected chi connectivity index (χ4v) is 1.27. The van der Waals surface area contributed by atoms with Crippen LogP contribution in [0.5, 0.6) is 0 Å². The number of hydrogen-bond donors (Lipinski definition) is 1. The second kappa shape index (κ2) is 4.18.